The molecule has 0 radical (unpaired) electrons. The molecule has 1 unspecified atom stereocenters. The van der Waals surface area contributed by atoms with Gasteiger partial charge < -0.3 is 10.7 Å². The van der Waals surface area contributed by atoms with Crippen LogP contribution in [0.1, 0.15) is 31.4 Å². The predicted molar refractivity (Wildman–Crippen MR) is 80.1 cm³/mol. The predicted octanol–water partition coefficient (Wildman–Crippen LogP) is 2.90. The number of hydrogen-bond acceptors (Lipinski definition) is 2. The van der Waals surface area contributed by atoms with Crippen molar-refractivity contribution in [3.63, 3.8) is 0 Å². The number of aromatic amines is 1. The standard InChI is InChI=1S/C16H23N3/c1-12(19-8-6-13(10-17)7-9-19)15-11-18-16-5-3-2-4-14(15)16/h2-5,11-13,18H,6-10,17H2,1H3. The lowest BCUT2D eigenvalue weighted by Gasteiger charge is -2.35. The normalized spacial score (nSPS) is 19.9. The van der Waals surface area contributed by atoms with Crippen molar-refractivity contribution in [2.75, 3.05) is 19.6 Å². The van der Waals surface area contributed by atoms with Gasteiger partial charge in [-0.3, -0.25) is 4.90 Å². The molecule has 1 aromatic carbocycles. The van der Waals surface area contributed by atoms with Crippen LogP contribution in [0.2, 0.25) is 0 Å². The first-order valence-corrected chi connectivity index (χ1v) is 7.29. The number of nitrogens with two attached hydrogens (primary N) is 1. The first-order chi connectivity index (χ1) is 9.29. The Balaban J connectivity index is 1.79. The minimum Gasteiger partial charge on any atom is -0.361 e. The molecule has 3 nitrogen and oxygen atoms in total. The average Bonchev–Trinajstić information content (AvgIpc) is 2.90. The first-order valence-electron chi connectivity index (χ1n) is 7.29. The summed E-state index contributed by atoms with van der Waals surface area (Å²) in [5.41, 5.74) is 8.43. The summed E-state index contributed by atoms with van der Waals surface area (Å²) in [5, 5.41) is 1.36. The van der Waals surface area contributed by atoms with E-state index in [1.807, 2.05) is 0 Å². The van der Waals surface area contributed by atoms with E-state index in [2.05, 4.69) is 47.3 Å². The van der Waals surface area contributed by atoms with Crippen molar-refractivity contribution < 1.29 is 0 Å². The number of hydrogen-bond donors (Lipinski definition) is 2. The number of fused-ring (bicyclic) bond motifs is 1. The summed E-state index contributed by atoms with van der Waals surface area (Å²) >= 11 is 0. The van der Waals surface area contributed by atoms with E-state index in [9.17, 15) is 0 Å². The fourth-order valence-electron chi connectivity index (χ4n) is 3.21. The van der Waals surface area contributed by atoms with E-state index in [1.165, 1.54) is 42.4 Å². The highest BCUT2D eigenvalue weighted by Gasteiger charge is 2.24. The van der Waals surface area contributed by atoms with Crippen molar-refractivity contribution in [2.45, 2.75) is 25.8 Å². The lowest BCUT2D eigenvalue weighted by atomic mass is 9.95. The fraction of sp³-hybridized carbons (Fsp3) is 0.500. The molecular weight excluding hydrogens is 234 g/mol. The summed E-state index contributed by atoms with van der Waals surface area (Å²) in [6.45, 7) is 5.50. The van der Waals surface area contributed by atoms with Gasteiger partial charge in [0, 0.05) is 23.1 Å². The molecule has 0 spiro atoms. The molecule has 1 aromatic heterocycles. The zero-order valence-electron chi connectivity index (χ0n) is 11.6. The first kappa shape index (κ1) is 12.7. The van der Waals surface area contributed by atoms with E-state index in [1.54, 1.807) is 0 Å². The number of benzene rings is 1. The third-order valence-electron chi connectivity index (χ3n) is 4.60. The van der Waals surface area contributed by atoms with Crippen LogP contribution in [0.5, 0.6) is 0 Å². The van der Waals surface area contributed by atoms with Crippen LogP contribution in [0.25, 0.3) is 10.9 Å². The van der Waals surface area contributed by atoms with Crippen molar-refractivity contribution in [1.82, 2.24) is 9.88 Å². The summed E-state index contributed by atoms with van der Waals surface area (Å²) < 4.78 is 0. The number of likely N-dealkylation sites (tertiary alicyclic amines) is 1. The van der Waals surface area contributed by atoms with Gasteiger partial charge in [0.25, 0.3) is 0 Å². The average molecular weight is 257 g/mol. The Kier molecular flexibility index (Phi) is 3.58. The molecule has 2 aromatic rings. The van der Waals surface area contributed by atoms with Gasteiger partial charge in [-0.2, -0.15) is 0 Å². The molecule has 19 heavy (non-hydrogen) atoms. The van der Waals surface area contributed by atoms with Crippen LogP contribution in [-0.4, -0.2) is 29.5 Å². The number of aromatic nitrogens is 1. The van der Waals surface area contributed by atoms with Crippen LogP contribution >= 0.6 is 0 Å². The number of nitrogens with zero attached hydrogens (tertiary/aromatic N) is 1. The van der Waals surface area contributed by atoms with Crippen molar-refractivity contribution in [1.29, 1.82) is 0 Å². The highest BCUT2D eigenvalue weighted by molar-refractivity contribution is 5.83. The van der Waals surface area contributed by atoms with Crippen LogP contribution in [0.3, 0.4) is 0 Å². The van der Waals surface area contributed by atoms with Crippen LogP contribution in [-0.2, 0) is 0 Å². The maximum atomic E-state index is 5.77. The van der Waals surface area contributed by atoms with Gasteiger partial charge in [0.1, 0.15) is 0 Å². The molecule has 1 saturated heterocycles. The third kappa shape index (κ3) is 2.40. The zero-order valence-corrected chi connectivity index (χ0v) is 11.6. The minimum absolute atomic E-state index is 0.481. The Bertz CT molecular complexity index is 538. The quantitative estimate of drug-likeness (QED) is 0.888. The van der Waals surface area contributed by atoms with Gasteiger partial charge in [-0.15, -0.1) is 0 Å². The number of piperidine rings is 1. The zero-order chi connectivity index (χ0) is 13.2. The molecule has 0 saturated carbocycles. The van der Waals surface area contributed by atoms with Gasteiger partial charge in [0.2, 0.25) is 0 Å². The van der Waals surface area contributed by atoms with Crippen molar-refractivity contribution in [2.24, 2.45) is 11.7 Å². The van der Waals surface area contributed by atoms with Crippen LogP contribution in [0.15, 0.2) is 30.5 Å². The van der Waals surface area contributed by atoms with Gasteiger partial charge in [-0.05, 0) is 56.9 Å². The molecule has 1 aliphatic rings. The van der Waals surface area contributed by atoms with Gasteiger partial charge in [0.05, 0.1) is 0 Å². The summed E-state index contributed by atoms with van der Waals surface area (Å²) in [6.07, 6.45) is 4.65. The van der Waals surface area contributed by atoms with E-state index in [0.717, 1.165) is 12.5 Å². The highest BCUT2D eigenvalue weighted by atomic mass is 15.2. The SMILES string of the molecule is CC(c1c[nH]c2ccccc12)N1CCC(CN)CC1. The molecule has 102 valence electrons. The fourth-order valence-corrected chi connectivity index (χ4v) is 3.21. The van der Waals surface area contributed by atoms with E-state index < -0.39 is 0 Å². The molecular formula is C16H23N3. The molecule has 3 N–H and O–H groups in total. The topological polar surface area (TPSA) is 45.0 Å². The van der Waals surface area contributed by atoms with E-state index >= 15 is 0 Å². The maximum absolute atomic E-state index is 5.77. The van der Waals surface area contributed by atoms with E-state index in [0.29, 0.717) is 6.04 Å². The lowest BCUT2D eigenvalue weighted by Crippen LogP contribution is -2.37. The molecule has 1 fully saturated rings. The summed E-state index contributed by atoms with van der Waals surface area (Å²) in [4.78, 5) is 5.97. The van der Waals surface area contributed by atoms with E-state index in [-0.39, 0.29) is 0 Å². The second-order valence-electron chi connectivity index (χ2n) is 5.68. The van der Waals surface area contributed by atoms with Crippen molar-refractivity contribution >= 4 is 10.9 Å². The number of rotatable bonds is 3. The molecule has 3 rings (SSSR count). The lowest BCUT2D eigenvalue weighted by molar-refractivity contribution is 0.144. The van der Waals surface area contributed by atoms with Gasteiger partial charge >= 0.3 is 0 Å². The molecule has 0 aliphatic carbocycles. The molecule has 1 atom stereocenters. The second kappa shape index (κ2) is 5.35. The Morgan fingerprint density at radius 1 is 1.32 bits per heavy atom. The number of nitrogens with one attached hydrogen (secondary N) is 1. The van der Waals surface area contributed by atoms with Crippen LogP contribution in [0.4, 0.5) is 0 Å². The minimum atomic E-state index is 0.481. The Morgan fingerprint density at radius 3 is 2.79 bits per heavy atom. The van der Waals surface area contributed by atoms with E-state index in [4.69, 9.17) is 5.73 Å². The summed E-state index contributed by atoms with van der Waals surface area (Å²) in [7, 11) is 0. The molecule has 0 amide bonds. The van der Waals surface area contributed by atoms with Crippen molar-refractivity contribution in [3.05, 3.63) is 36.0 Å². The number of H-pyrrole nitrogens is 1. The summed E-state index contributed by atoms with van der Waals surface area (Å²) in [5.74, 6) is 0.728. The molecule has 2 heterocycles. The maximum Gasteiger partial charge on any atom is 0.0457 e. The molecule has 1 aliphatic heterocycles. The van der Waals surface area contributed by atoms with Crippen LogP contribution < -0.4 is 5.73 Å². The largest absolute Gasteiger partial charge is 0.361 e. The van der Waals surface area contributed by atoms with Gasteiger partial charge in [-0.25, -0.2) is 0 Å². The molecule has 0 bridgehead atoms. The smallest absolute Gasteiger partial charge is 0.0457 e. The third-order valence-corrected chi connectivity index (χ3v) is 4.60. The second-order valence-corrected chi connectivity index (χ2v) is 5.68. The Morgan fingerprint density at radius 2 is 2.05 bits per heavy atom. The Hall–Kier alpha value is -1.32. The number of para-hydroxylation sites is 1. The van der Waals surface area contributed by atoms with Crippen molar-refractivity contribution in [3.8, 4) is 0 Å². The highest BCUT2D eigenvalue weighted by Crippen LogP contribution is 2.30. The molecule has 3 heteroatoms. The van der Waals surface area contributed by atoms with Crippen LogP contribution in [0, 0.1) is 5.92 Å². The van der Waals surface area contributed by atoms with Gasteiger partial charge in [-0.1, -0.05) is 18.2 Å². The summed E-state index contributed by atoms with van der Waals surface area (Å²) in [6, 6.07) is 9.04. The monoisotopic (exact) mass is 257 g/mol. The Labute approximate surface area is 114 Å². The van der Waals surface area contributed by atoms with Gasteiger partial charge in [0.15, 0.2) is 0 Å².